The summed E-state index contributed by atoms with van der Waals surface area (Å²) in [5.41, 5.74) is 1.72. The Labute approximate surface area is 136 Å². The van der Waals surface area contributed by atoms with Gasteiger partial charge in [0.25, 0.3) is 0 Å². The van der Waals surface area contributed by atoms with Crippen molar-refractivity contribution >= 4 is 7.82 Å². The monoisotopic (exact) mass is 336 g/mol. The molecule has 0 radical (unpaired) electrons. The average molecular weight is 336 g/mol. The van der Waals surface area contributed by atoms with E-state index >= 15 is 0 Å². The number of hydrogen-bond acceptors (Lipinski definition) is 5. The Bertz CT molecular complexity index is 570. The highest BCUT2D eigenvalue weighted by Crippen LogP contribution is 2.51. The number of aliphatic hydroxyl groups excluding tert-OH is 1. The van der Waals surface area contributed by atoms with Gasteiger partial charge in [0.2, 0.25) is 0 Å². The predicted molar refractivity (Wildman–Crippen MR) is 87.7 cm³/mol. The molecule has 1 atom stereocenters. The summed E-state index contributed by atoms with van der Waals surface area (Å²) in [6.45, 7) is 1.54. The van der Waals surface area contributed by atoms with Gasteiger partial charge < -0.3 is 5.11 Å². The van der Waals surface area contributed by atoms with E-state index in [1.165, 1.54) is 0 Å². The van der Waals surface area contributed by atoms with Crippen LogP contribution in [-0.2, 0) is 31.4 Å². The van der Waals surface area contributed by atoms with Gasteiger partial charge in [-0.15, -0.1) is 0 Å². The number of phosphoric acid groups is 1. The van der Waals surface area contributed by atoms with Gasteiger partial charge in [-0.1, -0.05) is 60.7 Å². The number of hydrogen-bond donors (Lipinski definition) is 1. The summed E-state index contributed by atoms with van der Waals surface area (Å²) in [6, 6.07) is 18.7. The van der Waals surface area contributed by atoms with E-state index in [-0.39, 0.29) is 19.8 Å². The fourth-order valence-corrected chi connectivity index (χ4v) is 3.13. The third-order valence-electron chi connectivity index (χ3n) is 3.03. The smallest absolute Gasteiger partial charge is 0.394 e. The van der Waals surface area contributed by atoms with Crippen LogP contribution in [0.5, 0.6) is 0 Å². The third-order valence-corrected chi connectivity index (χ3v) is 4.54. The molecule has 0 bridgehead atoms. The summed E-state index contributed by atoms with van der Waals surface area (Å²) < 4.78 is 28.9. The molecule has 0 spiro atoms. The van der Waals surface area contributed by atoms with Gasteiger partial charge in [0.15, 0.2) is 0 Å². The van der Waals surface area contributed by atoms with Crippen molar-refractivity contribution in [3.8, 4) is 0 Å². The Morgan fingerprint density at radius 3 is 1.74 bits per heavy atom. The van der Waals surface area contributed by atoms with Crippen LogP contribution in [-0.4, -0.2) is 17.8 Å². The zero-order valence-electron chi connectivity index (χ0n) is 13.0. The molecule has 23 heavy (non-hydrogen) atoms. The maximum atomic E-state index is 12.8. The fourth-order valence-electron chi connectivity index (χ4n) is 1.81. The molecule has 0 unspecified atom stereocenters. The first-order valence-electron chi connectivity index (χ1n) is 7.37. The van der Waals surface area contributed by atoms with E-state index in [0.717, 1.165) is 11.1 Å². The Kier molecular flexibility index (Phi) is 6.96. The summed E-state index contributed by atoms with van der Waals surface area (Å²) in [5, 5.41) is 9.11. The van der Waals surface area contributed by atoms with Crippen molar-refractivity contribution in [2.45, 2.75) is 26.2 Å². The van der Waals surface area contributed by atoms with Crippen molar-refractivity contribution in [2.75, 3.05) is 6.61 Å². The molecule has 0 fully saturated rings. The minimum Gasteiger partial charge on any atom is -0.394 e. The highest BCUT2D eigenvalue weighted by Gasteiger charge is 2.29. The van der Waals surface area contributed by atoms with Crippen molar-refractivity contribution in [1.82, 2.24) is 0 Å². The summed E-state index contributed by atoms with van der Waals surface area (Å²) in [7, 11) is -3.78. The van der Waals surface area contributed by atoms with Crippen LogP contribution >= 0.6 is 7.82 Å². The zero-order valence-corrected chi connectivity index (χ0v) is 13.9. The van der Waals surface area contributed by atoms with Gasteiger partial charge in [-0.3, -0.25) is 13.6 Å². The van der Waals surface area contributed by atoms with E-state index in [2.05, 4.69) is 0 Å². The van der Waals surface area contributed by atoms with Gasteiger partial charge in [0.05, 0.1) is 25.9 Å². The van der Waals surface area contributed by atoms with Crippen LogP contribution in [0, 0.1) is 0 Å². The van der Waals surface area contributed by atoms with Crippen LogP contribution in [0.3, 0.4) is 0 Å². The van der Waals surface area contributed by atoms with Crippen LogP contribution in [0.1, 0.15) is 18.1 Å². The van der Waals surface area contributed by atoms with Gasteiger partial charge in [-0.25, -0.2) is 4.57 Å². The van der Waals surface area contributed by atoms with E-state index in [0.29, 0.717) is 0 Å². The van der Waals surface area contributed by atoms with Crippen LogP contribution in [0.4, 0.5) is 0 Å². The number of benzene rings is 2. The first-order chi connectivity index (χ1) is 11.1. The van der Waals surface area contributed by atoms with Gasteiger partial charge in [0, 0.05) is 0 Å². The number of phosphoric ester groups is 1. The van der Waals surface area contributed by atoms with Crippen LogP contribution in [0.2, 0.25) is 0 Å². The van der Waals surface area contributed by atoms with Gasteiger partial charge in [-0.2, -0.15) is 0 Å². The topological polar surface area (TPSA) is 65.0 Å². The van der Waals surface area contributed by atoms with Crippen molar-refractivity contribution in [3.05, 3.63) is 71.8 Å². The molecule has 0 aliphatic carbocycles. The Balaban J connectivity index is 2.00. The maximum Gasteiger partial charge on any atom is 0.475 e. The summed E-state index contributed by atoms with van der Waals surface area (Å²) in [5.74, 6) is 0. The minimum atomic E-state index is -3.78. The van der Waals surface area contributed by atoms with Gasteiger partial charge in [-0.05, 0) is 18.1 Å². The molecule has 2 aromatic carbocycles. The number of rotatable bonds is 9. The van der Waals surface area contributed by atoms with Crippen LogP contribution < -0.4 is 0 Å². The van der Waals surface area contributed by atoms with Crippen molar-refractivity contribution in [1.29, 1.82) is 0 Å². The molecule has 6 heteroatoms. The zero-order chi connectivity index (χ0) is 16.5. The molecule has 0 aliphatic rings. The Hall–Kier alpha value is -1.49. The normalized spacial score (nSPS) is 13.0. The van der Waals surface area contributed by atoms with E-state index in [1.54, 1.807) is 6.92 Å². The molecule has 5 nitrogen and oxygen atoms in total. The Morgan fingerprint density at radius 2 is 1.35 bits per heavy atom. The van der Waals surface area contributed by atoms with Crippen molar-refractivity contribution in [3.63, 3.8) is 0 Å². The molecule has 0 saturated heterocycles. The molecule has 0 heterocycles. The summed E-state index contributed by atoms with van der Waals surface area (Å²) in [6.07, 6.45) is -0.646. The summed E-state index contributed by atoms with van der Waals surface area (Å²) >= 11 is 0. The lowest BCUT2D eigenvalue weighted by Crippen LogP contribution is -2.13. The van der Waals surface area contributed by atoms with E-state index in [4.69, 9.17) is 18.7 Å². The molecule has 1 N–H and O–H groups in total. The predicted octanol–water partition coefficient (Wildman–Crippen LogP) is 3.93. The van der Waals surface area contributed by atoms with Crippen molar-refractivity contribution in [2.24, 2.45) is 0 Å². The van der Waals surface area contributed by atoms with Gasteiger partial charge >= 0.3 is 7.82 Å². The molecule has 2 rings (SSSR count). The maximum absolute atomic E-state index is 12.8. The summed E-state index contributed by atoms with van der Waals surface area (Å²) in [4.78, 5) is 0. The van der Waals surface area contributed by atoms with Crippen LogP contribution in [0.15, 0.2) is 60.7 Å². The molecule has 0 aliphatic heterocycles. The molecular formula is C17H21O5P. The van der Waals surface area contributed by atoms with Crippen molar-refractivity contribution < 1.29 is 23.2 Å². The lowest BCUT2D eigenvalue weighted by molar-refractivity contribution is 0.0508. The van der Waals surface area contributed by atoms with E-state index in [9.17, 15) is 4.57 Å². The lowest BCUT2D eigenvalue weighted by Gasteiger charge is -2.21. The van der Waals surface area contributed by atoms with Crippen LogP contribution in [0.25, 0.3) is 0 Å². The highest BCUT2D eigenvalue weighted by atomic mass is 31.2. The Morgan fingerprint density at radius 1 is 0.913 bits per heavy atom. The largest absolute Gasteiger partial charge is 0.475 e. The van der Waals surface area contributed by atoms with E-state index < -0.39 is 13.9 Å². The third kappa shape index (κ3) is 6.26. The minimum absolute atomic E-state index is 0.102. The second kappa shape index (κ2) is 8.96. The van der Waals surface area contributed by atoms with E-state index in [1.807, 2.05) is 60.7 Å². The highest BCUT2D eigenvalue weighted by molar-refractivity contribution is 7.48. The molecule has 0 amide bonds. The first-order valence-corrected chi connectivity index (χ1v) is 8.83. The fraction of sp³-hybridized carbons (Fsp3) is 0.294. The number of aliphatic hydroxyl groups is 1. The molecule has 2 aromatic rings. The van der Waals surface area contributed by atoms with Gasteiger partial charge in [0.1, 0.15) is 0 Å². The average Bonchev–Trinajstić information content (AvgIpc) is 2.60. The SMILES string of the molecule is C[C@@H](CO)OP(=O)(OCc1ccccc1)OCc1ccccc1. The molecular weight excluding hydrogens is 315 g/mol. The quantitative estimate of drug-likeness (QED) is 0.703. The molecule has 0 aromatic heterocycles. The second-order valence-corrected chi connectivity index (χ2v) is 6.69. The first kappa shape index (κ1) is 17.9. The standard InChI is InChI=1S/C17H21O5P/c1-15(12-18)22-23(19,20-13-16-8-4-2-5-9-16)21-14-17-10-6-3-7-11-17/h2-11,15,18H,12-14H2,1H3/t15-/m0/s1. The second-order valence-electron chi connectivity index (χ2n) is 5.06. The molecule has 0 saturated carbocycles. The molecule has 124 valence electrons. The lowest BCUT2D eigenvalue weighted by atomic mass is 10.2.